The van der Waals surface area contributed by atoms with Crippen LogP contribution in [0.15, 0.2) is 55.1 Å². The SMILES string of the molecule is C=CCN(Cc1ccccc1OC)C(=O)c1ccc2n[nH]nc2c1. The van der Waals surface area contributed by atoms with Gasteiger partial charge in [-0.3, -0.25) is 4.79 Å². The first-order chi connectivity index (χ1) is 11.7. The summed E-state index contributed by atoms with van der Waals surface area (Å²) in [6.07, 6.45) is 1.71. The molecule has 0 atom stereocenters. The molecule has 0 aliphatic rings. The number of rotatable bonds is 6. The van der Waals surface area contributed by atoms with Crippen LogP contribution in [0.1, 0.15) is 15.9 Å². The van der Waals surface area contributed by atoms with E-state index in [2.05, 4.69) is 22.0 Å². The summed E-state index contributed by atoms with van der Waals surface area (Å²) in [5.41, 5.74) is 2.90. The highest BCUT2D eigenvalue weighted by Crippen LogP contribution is 2.21. The number of carbonyl (C=O) groups excluding carboxylic acids is 1. The molecule has 24 heavy (non-hydrogen) atoms. The fourth-order valence-corrected chi connectivity index (χ4v) is 2.57. The number of H-pyrrole nitrogens is 1. The second-order valence-corrected chi connectivity index (χ2v) is 5.31. The molecule has 1 amide bonds. The van der Waals surface area contributed by atoms with E-state index in [-0.39, 0.29) is 5.91 Å². The lowest BCUT2D eigenvalue weighted by atomic mass is 10.1. The summed E-state index contributed by atoms with van der Waals surface area (Å²) < 4.78 is 5.37. The van der Waals surface area contributed by atoms with Gasteiger partial charge >= 0.3 is 0 Å². The van der Waals surface area contributed by atoms with Gasteiger partial charge in [0.15, 0.2) is 0 Å². The Morgan fingerprint density at radius 3 is 2.83 bits per heavy atom. The van der Waals surface area contributed by atoms with E-state index in [1.54, 1.807) is 36.3 Å². The zero-order chi connectivity index (χ0) is 16.9. The average molecular weight is 322 g/mol. The maximum absolute atomic E-state index is 12.9. The van der Waals surface area contributed by atoms with Crippen molar-refractivity contribution in [2.24, 2.45) is 0 Å². The standard InChI is InChI=1S/C18H18N4O2/c1-3-10-22(12-14-6-4-5-7-17(14)24-2)18(23)13-8-9-15-16(11-13)20-21-19-15/h3-9,11H,1,10,12H2,2H3,(H,19,20,21). The molecule has 0 bridgehead atoms. The minimum atomic E-state index is -0.0919. The van der Waals surface area contributed by atoms with Gasteiger partial charge in [-0.1, -0.05) is 24.3 Å². The van der Waals surface area contributed by atoms with E-state index in [0.717, 1.165) is 16.8 Å². The molecule has 0 unspecified atom stereocenters. The van der Waals surface area contributed by atoms with Gasteiger partial charge in [-0.15, -0.1) is 6.58 Å². The van der Waals surface area contributed by atoms with Crippen LogP contribution in [-0.2, 0) is 6.54 Å². The molecule has 1 aromatic heterocycles. The van der Waals surface area contributed by atoms with E-state index in [1.807, 2.05) is 24.3 Å². The molecule has 0 radical (unpaired) electrons. The van der Waals surface area contributed by atoms with E-state index >= 15 is 0 Å². The molecule has 0 saturated carbocycles. The number of hydrogen-bond donors (Lipinski definition) is 1. The number of fused-ring (bicyclic) bond motifs is 1. The fraction of sp³-hybridized carbons (Fsp3) is 0.167. The fourth-order valence-electron chi connectivity index (χ4n) is 2.57. The highest BCUT2D eigenvalue weighted by Gasteiger charge is 2.17. The van der Waals surface area contributed by atoms with Crippen LogP contribution >= 0.6 is 0 Å². The first-order valence-corrected chi connectivity index (χ1v) is 7.55. The van der Waals surface area contributed by atoms with Crippen LogP contribution in [0.3, 0.4) is 0 Å². The van der Waals surface area contributed by atoms with Crippen molar-refractivity contribution < 1.29 is 9.53 Å². The number of amides is 1. The largest absolute Gasteiger partial charge is 0.496 e. The number of benzene rings is 2. The number of methoxy groups -OCH3 is 1. The third-order valence-corrected chi connectivity index (χ3v) is 3.75. The summed E-state index contributed by atoms with van der Waals surface area (Å²) in [5, 5.41) is 10.6. The summed E-state index contributed by atoms with van der Waals surface area (Å²) in [6, 6.07) is 12.9. The number of para-hydroxylation sites is 1. The van der Waals surface area contributed by atoms with Crippen LogP contribution in [0.25, 0.3) is 11.0 Å². The van der Waals surface area contributed by atoms with Crippen LogP contribution < -0.4 is 4.74 Å². The quantitative estimate of drug-likeness (QED) is 0.708. The Morgan fingerprint density at radius 1 is 1.25 bits per heavy atom. The first-order valence-electron chi connectivity index (χ1n) is 7.55. The van der Waals surface area contributed by atoms with Gasteiger partial charge in [-0.25, -0.2) is 0 Å². The lowest BCUT2D eigenvalue weighted by molar-refractivity contribution is 0.0762. The molecule has 3 aromatic rings. The van der Waals surface area contributed by atoms with Gasteiger partial charge in [0.2, 0.25) is 0 Å². The smallest absolute Gasteiger partial charge is 0.254 e. The zero-order valence-corrected chi connectivity index (χ0v) is 13.4. The van der Waals surface area contributed by atoms with Crippen molar-refractivity contribution in [3.8, 4) is 5.75 Å². The van der Waals surface area contributed by atoms with Crippen molar-refractivity contribution in [2.75, 3.05) is 13.7 Å². The summed E-state index contributed by atoms with van der Waals surface area (Å²) in [4.78, 5) is 14.6. The van der Waals surface area contributed by atoms with Gasteiger partial charge in [-0.2, -0.15) is 15.4 Å². The normalized spacial score (nSPS) is 10.5. The van der Waals surface area contributed by atoms with Crippen molar-refractivity contribution in [2.45, 2.75) is 6.54 Å². The topological polar surface area (TPSA) is 71.1 Å². The van der Waals surface area contributed by atoms with Crippen LogP contribution in [0, 0.1) is 0 Å². The average Bonchev–Trinajstić information content (AvgIpc) is 3.09. The highest BCUT2D eigenvalue weighted by molar-refractivity contribution is 5.97. The molecule has 0 spiro atoms. The predicted octanol–water partition coefficient (Wildman–Crippen LogP) is 2.79. The number of hydrogen-bond acceptors (Lipinski definition) is 4. The molecule has 1 N–H and O–H groups in total. The second kappa shape index (κ2) is 6.95. The maximum atomic E-state index is 12.9. The molecular formula is C18H18N4O2. The summed E-state index contributed by atoms with van der Waals surface area (Å²) >= 11 is 0. The Labute approximate surface area is 139 Å². The van der Waals surface area contributed by atoms with Gasteiger partial charge in [0.05, 0.1) is 7.11 Å². The van der Waals surface area contributed by atoms with Gasteiger partial charge in [0.25, 0.3) is 5.91 Å². The number of aromatic nitrogens is 3. The van der Waals surface area contributed by atoms with Crippen LogP contribution in [-0.4, -0.2) is 39.9 Å². The van der Waals surface area contributed by atoms with Crippen molar-refractivity contribution in [1.29, 1.82) is 0 Å². The first kappa shape index (κ1) is 15.7. The van der Waals surface area contributed by atoms with E-state index in [0.29, 0.717) is 24.2 Å². The zero-order valence-electron chi connectivity index (χ0n) is 13.4. The Hall–Kier alpha value is -3.15. The molecule has 0 saturated heterocycles. The molecular weight excluding hydrogens is 304 g/mol. The Balaban J connectivity index is 1.89. The molecule has 0 aliphatic carbocycles. The Morgan fingerprint density at radius 2 is 2.04 bits per heavy atom. The van der Waals surface area contributed by atoms with E-state index < -0.39 is 0 Å². The van der Waals surface area contributed by atoms with Crippen molar-refractivity contribution in [3.63, 3.8) is 0 Å². The Bertz CT molecular complexity index is 872. The third kappa shape index (κ3) is 3.12. The lowest BCUT2D eigenvalue weighted by Crippen LogP contribution is -2.30. The number of aromatic amines is 1. The molecule has 1 heterocycles. The number of carbonyl (C=O) groups is 1. The van der Waals surface area contributed by atoms with Gasteiger partial charge in [0.1, 0.15) is 16.8 Å². The molecule has 0 aliphatic heterocycles. The number of nitrogens with one attached hydrogen (secondary N) is 1. The van der Waals surface area contributed by atoms with E-state index in [4.69, 9.17) is 4.74 Å². The van der Waals surface area contributed by atoms with Crippen LogP contribution in [0.4, 0.5) is 0 Å². The number of nitrogens with zero attached hydrogens (tertiary/aromatic N) is 3. The summed E-state index contributed by atoms with van der Waals surface area (Å²) in [6.45, 7) is 4.62. The molecule has 3 rings (SSSR count). The molecule has 0 fully saturated rings. The number of ether oxygens (including phenoxy) is 1. The highest BCUT2D eigenvalue weighted by atomic mass is 16.5. The molecule has 6 nitrogen and oxygen atoms in total. The van der Waals surface area contributed by atoms with Crippen LogP contribution in [0.5, 0.6) is 5.75 Å². The minimum absolute atomic E-state index is 0.0919. The monoisotopic (exact) mass is 322 g/mol. The molecule has 122 valence electrons. The Kier molecular flexibility index (Phi) is 4.56. The second-order valence-electron chi connectivity index (χ2n) is 5.31. The lowest BCUT2D eigenvalue weighted by Gasteiger charge is -2.22. The summed E-state index contributed by atoms with van der Waals surface area (Å²) in [5.74, 6) is 0.664. The summed E-state index contributed by atoms with van der Waals surface area (Å²) in [7, 11) is 1.62. The minimum Gasteiger partial charge on any atom is -0.496 e. The van der Waals surface area contributed by atoms with Gasteiger partial charge < -0.3 is 9.64 Å². The van der Waals surface area contributed by atoms with E-state index in [9.17, 15) is 4.79 Å². The van der Waals surface area contributed by atoms with Crippen molar-refractivity contribution >= 4 is 16.9 Å². The molecule has 6 heteroatoms. The van der Waals surface area contributed by atoms with Crippen molar-refractivity contribution in [1.82, 2.24) is 20.3 Å². The van der Waals surface area contributed by atoms with Crippen molar-refractivity contribution in [3.05, 3.63) is 66.2 Å². The third-order valence-electron chi connectivity index (χ3n) is 3.75. The molecule has 2 aromatic carbocycles. The van der Waals surface area contributed by atoms with Gasteiger partial charge in [-0.05, 0) is 24.3 Å². The van der Waals surface area contributed by atoms with E-state index in [1.165, 1.54) is 0 Å². The predicted molar refractivity (Wildman–Crippen MR) is 91.8 cm³/mol. The maximum Gasteiger partial charge on any atom is 0.254 e. The van der Waals surface area contributed by atoms with Crippen LogP contribution in [0.2, 0.25) is 0 Å². The van der Waals surface area contributed by atoms with Gasteiger partial charge in [0, 0.05) is 24.2 Å².